The van der Waals surface area contributed by atoms with Gasteiger partial charge in [0, 0.05) is 30.2 Å². The molecule has 0 radical (unpaired) electrons. The molecule has 5 heteroatoms. The first kappa shape index (κ1) is 17.2. The molecular formula is C20H21FN2O2. The molecule has 1 amide bonds. The van der Waals surface area contributed by atoms with Crippen molar-refractivity contribution < 1.29 is 14.3 Å². The molecule has 4 nitrogen and oxygen atoms in total. The third-order valence-corrected chi connectivity index (χ3v) is 4.31. The zero-order valence-electron chi connectivity index (χ0n) is 13.9. The van der Waals surface area contributed by atoms with Gasteiger partial charge in [-0.3, -0.25) is 4.79 Å². The number of nitrogens with zero attached hydrogens (tertiary/aromatic N) is 1. The normalized spacial score (nSPS) is 11.0. The van der Waals surface area contributed by atoms with Crippen molar-refractivity contribution in [3.63, 3.8) is 0 Å². The molecule has 2 N–H and O–H groups in total. The highest BCUT2D eigenvalue weighted by Crippen LogP contribution is 2.20. The smallest absolute Gasteiger partial charge is 0.227 e. The van der Waals surface area contributed by atoms with Gasteiger partial charge < -0.3 is 15.0 Å². The Balaban J connectivity index is 1.70. The summed E-state index contributed by atoms with van der Waals surface area (Å²) in [6.07, 6.45) is 2.66. The molecule has 0 aliphatic carbocycles. The molecule has 0 aliphatic heterocycles. The van der Waals surface area contributed by atoms with Crippen LogP contribution in [0.15, 0.2) is 54.7 Å². The summed E-state index contributed by atoms with van der Waals surface area (Å²) < 4.78 is 13.5. The topological polar surface area (TPSA) is 56.3 Å². The van der Waals surface area contributed by atoms with Gasteiger partial charge in [0.15, 0.2) is 0 Å². The van der Waals surface area contributed by atoms with Crippen molar-refractivity contribution in [2.45, 2.75) is 12.8 Å². The molecule has 0 spiro atoms. The van der Waals surface area contributed by atoms with Crippen LogP contribution in [0.1, 0.15) is 11.1 Å². The first-order valence-corrected chi connectivity index (χ1v) is 8.35. The Morgan fingerprint density at radius 3 is 2.68 bits per heavy atom. The second-order valence-corrected chi connectivity index (χ2v) is 6.02. The van der Waals surface area contributed by atoms with Crippen molar-refractivity contribution in [1.29, 1.82) is 0 Å². The zero-order chi connectivity index (χ0) is 17.6. The van der Waals surface area contributed by atoms with Crippen LogP contribution in [0, 0.1) is 5.82 Å². The number of aromatic amines is 1. The van der Waals surface area contributed by atoms with Gasteiger partial charge in [0.25, 0.3) is 0 Å². The molecule has 130 valence electrons. The molecule has 0 unspecified atom stereocenters. The predicted molar refractivity (Wildman–Crippen MR) is 95.8 cm³/mol. The van der Waals surface area contributed by atoms with Crippen LogP contribution in [0.2, 0.25) is 0 Å². The van der Waals surface area contributed by atoms with E-state index in [0.29, 0.717) is 13.1 Å². The monoisotopic (exact) mass is 340 g/mol. The number of hydrogen-bond donors (Lipinski definition) is 2. The van der Waals surface area contributed by atoms with E-state index in [2.05, 4.69) is 4.98 Å². The summed E-state index contributed by atoms with van der Waals surface area (Å²) in [5.41, 5.74) is 2.72. The van der Waals surface area contributed by atoms with Crippen molar-refractivity contribution in [2.75, 3.05) is 19.7 Å². The molecule has 0 bridgehead atoms. The number of H-pyrrole nitrogens is 1. The third kappa shape index (κ3) is 4.25. The number of benzene rings is 2. The van der Waals surface area contributed by atoms with E-state index in [4.69, 9.17) is 0 Å². The SMILES string of the molecule is O=C(Cc1c[nH]c2ccc(F)cc12)N(CCO)CCc1ccccc1. The molecule has 25 heavy (non-hydrogen) atoms. The first-order chi connectivity index (χ1) is 12.2. The number of aliphatic hydroxyl groups is 1. The average molecular weight is 340 g/mol. The highest BCUT2D eigenvalue weighted by molar-refractivity contribution is 5.89. The Morgan fingerprint density at radius 1 is 1.12 bits per heavy atom. The minimum absolute atomic E-state index is 0.0739. The molecule has 3 rings (SSSR count). The highest BCUT2D eigenvalue weighted by Gasteiger charge is 2.16. The molecule has 0 fully saturated rings. The van der Waals surface area contributed by atoms with E-state index in [0.717, 1.165) is 28.5 Å². The maximum Gasteiger partial charge on any atom is 0.227 e. The molecule has 1 heterocycles. The fraction of sp³-hybridized carbons (Fsp3) is 0.250. The van der Waals surface area contributed by atoms with Gasteiger partial charge >= 0.3 is 0 Å². The fourth-order valence-electron chi connectivity index (χ4n) is 2.96. The van der Waals surface area contributed by atoms with E-state index in [1.54, 1.807) is 17.2 Å². The van der Waals surface area contributed by atoms with Crippen molar-refractivity contribution in [3.8, 4) is 0 Å². The average Bonchev–Trinajstić information content (AvgIpc) is 3.01. The summed E-state index contributed by atoms with van der Waals surface area (Å²) in [4.78, 5) is 17.4. The Hall–Kier alpha value is -2.66. The van der Waals surface area contributed by atoms with Gasteiger partial charge in [0.05, 0.1) is 13.0 Å². The lowest BCUT2D eigenvalue weighted by Crippen LogP contribution is -2.36. The van der Waals surface area contributed by atoms with Gasteiger partial charge in [-0.25, -0.2) is 4.39 Å². The van der Waals surface area contributed by atoms with Crippen LogP contribution in [0.4, 0.5) is 4.39 Å². The number of aromatic nitrogens is 1. The number of halogens is 1. The molecule has 0 saturated heterocycles. The van der Waals surface area contributed by atoms with Gasteiger partial charge in [-0.2, -0.15) is 0 Å². The molecule has 1 aromatic heterocycles. The van der Waals surface area contributed by atoms with Crippen LogP contribution in [0.5, 0.6) is 0 Å². The van der Waals surface area contributed by atoms with Gasteiger partial charge in [-0.1, -0.05) is 30.3 Å². The van der Waals surface area contributed by atoms with Crippen molar-refractivity contribution in [3.05, 3.63) is 71.7 Å². The minimum atomic E-state index is -0.322. The third-order valence-electron chi connectivity index (χ3n) is 4.31. The minimum Gasteiger partial charge on any atom is -0.395 e. The number of nitrogens with one attached hydrogen (secondary N) is 1. The Labute approximate surface area is 145 Å². The number of aliphatic hydroxyl groups excluding tert-OH is 1. The van der Waals surface area contributed by atoms with E-state index in [-0.39, 0.29) is 24.8 Å². The summed E-state index contributed by atoms with van der Waals surface area (Å²) in [6.45, 7) is 0.756. The van der Waals surface area contributed by atoms with Gasteiger partial charge in [-0.15, -0.1) is 0 Å². The first-order valence-electron chi connectivity index (χ1n) is 8.35. The summed E-state index contributed by atoms with van der Waals surface area (Å²) in [6, 6.07) is 14.4. The molecular weight excluding hydrogens is 319 g/mol. The number of carbonyl (C=O) groups is 1. The summed E-state index contributed by atoms with van der Waals surface area (Å²) in [5, 5.41) is 9.99. The second-order valence-electron chi connectivity index (χ2n) is 6.02. The van der Waals surface area contributed by atoms with Crippen LogP contribution in [0.3, 0.4) is 0 Å². The lowest BCUT2D eigenvalue weighted by molar-refractivity contribution is -0.130. The molecule has 0 saturated carbocycles. The van der Waals surface area contributed by atoms with E-state index in [1.165, 1.54) is 12.1 Å². The second kappa shape index (κ2) is 7.94. The van der Waals surface area contributed by atoms with Crippen molar-refractivity contribution >= 4 is 16.8 Å². The van der Waals surface area contributed by atoms with Crippen LogP contribution < -0.4 is 0 Å². The Bertz CT molecular complexity index is 845. The van der Waals surface area contributed by atoms with Crippen LogP contribution in [-0.2, 0) is 17.6 Å². The van der Waals surface area contributed by atoms with Crippen LogP contribution in [-0.4, -0.2) is 40.6 Å². The number of hydrogen-bond acceptors (Lipinski definition) is 2. The Kier molecular flexibility index (Phi) is 5.46. The van der Waals surface area contributed by atoms with Crippen LogP contribution in [0.25, 0.3) is 10.9 Å². The zero-order valence-corrected chi connectivity index (χ0v) is 13.9. The van der Waals surface area contributed by atoms with E-state index in [9.17, 15) is 14.3 Å². The fourth-order valence-corrected chi connectivity index (χ4v) is 2.96. The van der Waals surface area contributed by atoms with Crippen LogP contribution >= 0.6 is 0 Å². The maximum atomic E-state index is 13.5. The summed E-state index contributed by atoms with van der Waals surface area (Å²) >= 11 is 0. The van der Waals surface area contributed by atoms with E-state index in [1.807, 2.05) is 30.3 Å². The largest absolute Gasteiger partial charge is 0.395 e. The molecule has 0 aliphatic rings. The standard InChI is InChI=1S/C20H21FN2O2/c21-17-6-7-19-18(13-17)16(14-22-19)12-20(25)23(10-11-24)9-8-15-4-2-1-3-5-15/h1-7,13-14,22,24H,8-12H2. The maximum absolute atomic E-state index is 13.5. The summed E-state index contributed by atoms with van der Waals surface area (Å²) in [7, 11) is 0. The van der Waals surface area contributed by atoms with Gasteiger partial charge in [0.1, 0.15) is 5.82 Å². The van der Waals surface area contributed by atoms with Gasteiger partial charge in [-0.05, 0) is 35.7 Å². The number of amides is 1. The van der Waals surface area contributed by atoms with E-state index < -0.39 is 0 Å². The lowest BCUT2D eigenvalue weighted by atomic mass is 10.1. The Morgan fingerprint density at radius 2 is 1.92 bits per heavy atom. The number of carbonyl (C=O) groups excluding carboxylic acids is 1. The van der Waals surface area contributed by atoms with Gasteiger partial charge in [0.2, 0.25) is 5.91 Å². The highest BCUT2D eigenvalue weighted by atomic mass is 19.1. The van der Waals surface area contributed by atoms with Crippen molar-refractivity contribution in [1.82, 2.24) is 9.88 Å². The molecule has 3 aromatic rings. The number of fused-ring (bicyclic) bond motifs is 1. The predicted octanol–water partition coefficient (Wildman–Crippen LogP) is 2.91. The summed E-state index contributed by atoms with van der Waals surface area (Å²) in [5.74, 6) is -0.396. The lowest BCUT2D eigenvalue weighted by Gasteiger charge is -2.22. The molecule has 2 aromatic carbocycles. The number of rotatable bonds is 7. The van der Waals surface area contributed by atoms with Crippen molar-refractivity contribution in [2.24, 2.45) is 0 Å². The quantitative estimate of drug-likeness (QED) is 0.695. The molecule has 0 atom stereocenters. The van der Waals surface area contributed by atoms with E-state index >= 15 is 0 Å².